The molecule has 0 aromatic carbocycles. The lowest BCUT2D eigenvalue weighted by molar-refractivity contribution is 0.586. The van der Waals surface area contributed by atoms with Crippen molar-refractivity contribution in [3.05, 3.63) is 24.3 Å². The molecule has 1 rings (SSSR count). The van der Waals surface area contributed by atoms with Crippen LogP contribution < -0.4 is 0 Å². The summed E-state index contributed by atoms with van der Waals surface area (Å²) in [6, 6.07) is 0. The van der Waals surface area contributed by atoms with Crippen molar-refractivity contribution in [1.82, 2.24) is 9.97 Å². The molecule has 5 heteroatoms. The summed E-state index contributed by atoms with van der Waals surface area (Å²) in [7, 11) is -3.05. The molecule has 0 amide bonds. The van der Waals surface area contributed by atoms with Gasteiger partial charge in [-0.05, 0) is 6.92 Å². The quantitative estimate of drug-likeness (QED) is 0.729. The van der Waals surface area contributed by atoms with Crippen LogP contribution in [0, 0.1) is 0 Å². The highest BCUT2D eigenvalue weighted by Gasteiger charge is 2.21. The van der Waals surface area contributed by atoms with Crippen molar-refractivity contribution in [2.75, 3.05) is 5.75 Å². The minimum atomic E-state index is -3.05. The Bertz CT molecular complexity index is 361. The van der Waals surface area contributed by atoms with Crippen molar-refractivity contribution >= 4 is 9.84 Å². The lowest BCUT2D eigenvalue weighted by atomic mass is 10.3. The Morgan fingerprint density at radius 3 is 2.62 bits per heavy atom. The molecule has 0 aliphatic heterocycles. The molecule has 1 unspecified atom stereocenters. The molecule has 0 saturated heterocycles. The molecule has 13 heavy (non-hydrogen) atoms. The molecule has 0 spiro atoms. The third-order valence-electron chi connectivity index (χ3n) is 1.94. The monoisotopic (exact) mass is 200 g/mol. The van der Waals surface area contributed by atoms with E-state index in [2.05, 4.69) is 9.97 Å². The average Bonchev–Trinajstić information content (AvgIpc) is 2.18. The van der Waals surface area contributed by atoms with Crippen LogP contribution in [-0.2, 0) is 9.84 Å². The van der Waals surface area contributed by atoms with Gasteiger partial charge in [-0.3, -0.25) is 9.97 Å². The first-order valence-electron chi connectivity index (χ1n) is 4.05. The summed E-state index contributed by atoms with van der Waals surface area (Å²) in [4.78, 5) is 7.78. The van der Waals surface area contributed by atoms with Crippen LogP contribution in [0.15, 0.2) is 18.6 Å². The van der Waals surface area contributed by atoms with Crippen LogP contribution in [0.1, 0.15) is 24.8 Å². The van der Waals surface area contributed by atoms with Crippen LogP contribution in [0.5, 0.6) is 0 Å². The van der Waals surface area contributed by atoms with E-state index in [1.54, 1.807) is 13.8 Å². The van der Waals surface area contributed by atoms with Crippen molar-refractivity contribution in [2.45, 2.75) is 19.1 Å². The molecule has 0 N–H and O–H groups in total. The Hall–Kier alpha value is -0.970. The predicted octanol–water partition coefficient (Wildman–Crippen LogP) is 0.972. The van der Waals surface area contributed by atoms with Gasteiger partial charge in [0.25, 0.3) is 0 Å². The molecular formula is C8H12N2O2S. The first-order valence-corrected chi connectivity index (χ1v) is 5.77. The van der Waals surface area contributed by atoms with Gasteiger partial charge in [-0.25, -0.2) is 8.42 Å². The third kappa shape index (κ3) is 2.24. The maximum atomic E-state index is 11.4. The minimum Gasteiger partial charge on any atom is -0.261 e. The number of nitrogens with zero attached hydrogens (tertiary/aromatic N) is 2. The zero-order valence-electron chi connectivity index (χ0n) is 7.64. The molecule has 1 atom stereocenters. The molecule has 0 bridgehead atoms. The lowest BCUT2D eigenvalue weighted by Gasteiger charge is -2.09. The zero-order chi connectivity index (χ0) is 9.90. The summed E-state index contributed by atoms with van der Waals surface area (Å²) in [6.45, 7) is 3.26. The standard InChI is InChI=1S/C8H12N2O2S/c1-3-13(11,12)7(2)8-6-9-4-5-10-8/h4-7H,3H2,1-2H3. The van der Waals surface area contributed by atoms with E-state index in [1.165, 1.54) is 18.6 Å². The summed E-state index contributed by atoms with van der Waals surface area (Å²) in [6.07, 6.45) is 4.50. The number of aromatic nitrogens is 2. The summed E-state index contributed by atoms with van der Waals surface area (Å²) in [5.41, 5.74) is 0.504. The zero-order valence-corrected chi connectivity index (χ0v) is 8.45. The third-order valence-corrected chi connectivity index (χ3v) is 4.06. The lowest BCUT2D eigenvalue weighted by Crippen LogP contribution is -2.13. The van der Waals surface area contributed by atoms with Gasteiger partial charge < -0.3 is 0 Å². The first-order chi connectivity index (χ1) is 6.08. The Morgan fingerprint density at radius 2 is 2.15 bits per heavy atom. The Kier molecular flexibility index (Phi) is 2.98. The highest BCUT2D eigenvalue weighted by atomic mass is 32.2. The van der Waals surface area contributed by atoms with E-state index in [-0.39, 0.29) is 5.75 Å². The molecule has 0 saturated carbocycles. The maximum absolute atomic E-state index is 11.4. The number of sulfone groups is 1. The largest absolute Gasteiger partial charge is 0.261 e. The van der Waals surface area contributed by atoms with Crippen molar-refractivity contribution in [1.29, 1.82) is 0 Å². The Morgan fingerprint density at radius 1 is 1.46 bits per heavy atom. The fourth-order valence-corrected chi connectivity index (χ4v) is 1.94. The van der Waals surface area contributed by atoms with Crippen LogP contribution in [0.2, 0.25) is 0 Å². The molecule has 72 valence electrons. The summed E-state index contributed by atoms with van der Waals surface area (Å²) >= 11 is 0. The Labute approximate surface area is 78.0 Å². The minimum absolute atomic E-state index is 0.130. The van der Waals surface area contributed by atoms with Crippen LogP contribution in [0.25, 0.3) is 0 Å². The molecule has 0 radical (unpaired) electrons. The SMILES string of the molecule is CCS(=O)(=O)C(C)c1cnccn1. The smallest absolute Gasteiger partial charge is 0.158 e. The van der Waals surface area contributed by atoms with Gasteiger partial charge in [0.15, 0.2) is 9.84 Å². The van der Waals surface area contributed by atoms with Crippen molar-refractivity contribution in [3.63, 3.8) is 0 Å². The average molecular weight is 200 g/mol. The fourth-order valence-electron chi connectivity index (χ4n) is 0.955. The predicted molar refractivity (Wildman–Crippen MR) is 49.9 cm³/mol. The second kappa shape index (κ2) is 3.83. The molecule has 4 nitrogen and oxygen atoms in total. The van der Waals surface area contributed by atoms with Gasteiger partial charge in [-0.2, -0.15) is 0 Å². The van der Waals surface area contributed by atoms with Crippen LogP contribution in [0.3, 0.4) is 0 Å². The summed E-state index contributed by atoms with van der Waals surface area (Å²) < 4.78 is 22.9. The first kappa shape index (κ1) is 10.1. The molecule has 1 aromatic rings. The van der Waals surface area contributed by atoms with E-state index in [1.807, 2.05) is 0 Å². The highest BCUT2D eigenvalue weighted by molar-refractivity contribution is 7.91. The van der Waals surface area contributed by atoms with E-state index < -0.39 is 15.1 Å². The van der Waals surface area contributed by atoms with Crippen LogP contribution in [0.4, 0.5) is 0 Å². The molecule has 0 aliphatic rings. The van der Waals surface area contributed by atoms with Gasteiger partial charge >= 0.3 is 0 Å². The van der Waals surface area contributed by atoms with Gasteiger partial charge in [0.2, 0.25) is 0 Å². The van der Waals surface area contributed by atoms with Crippen LogP contribution >= 0.6 is 0 Å². The van der Waals surface area contributed by atoms with Gasteiger partial charge in [0.05, 0.1) is 5.69 Å². The number of hydrogen-bond donors (Lipinski definition) is 0. The highest BCUT2D eigenvalue weighted by Crippen LogP contribution is 2.18. The molecule has 0 fully saturated rings. The maximum Gasteiger partial charge on any atom is 0.158 e. The van der Waals surface area contributed by atoms with Gasteiger partial charge in [0, 0.05) is 24.3 Å². The summed E-state index contributed by atoms with van der Waals surface area (Å²) in [5.74, 6) is 0.130. The van der Waals surface area contributed by atoms with E-state index in [4.69, 9.17) is 0 Å². The molecule has 0 aliphatic carbocycles. The van der Waals surface area contributed by atoms with E-state index in [0.29, 0.717) is 5.69 Å². The molecular weight excluding hydrogens is 188 g/mol. The fraction of sp³-hybridized carbons (Fsp3) is 0.500. The van der Waals surface area contributed by atoms with Gasteiger partial charge in [0.1, 0.15) is 5.25 Å². The van der Waals surface area contributed by atoms with E-state index in [9.17, 15) is 8.42 Å². The van der Waals surface area contributed by atoms with E-state index in [0.717, 1.165) is 0 Å². The topological polar surface area (TPSA) is 59.9 Å². The van der Waals surface area contributed by atoms with Gasteiger partial charge in [-0.15, -0.1) is 0 Å². The number of hydrogen-bond acceptors (Lipinski definition) is 4. The normalized spacial score (nSPS) is 14.0. The molecule has 1 heterocycles. The van der Waals surface area contributed by atoms with Crippen molar-refractivity contribution < 1.29 is 8.42 Å². The summed E-state index contributed by atoms with van der Waals surface area (Å²) in [5, 5.41) is -0.564. The molecule has 1 aromatic heterocycles. The number of rotatable bonds is 3. The second-order valence-electron chi connectivity index (χ2n) is 2.72. The van der Waals surface area contributed by atoms with Crippen LogP contribution in [-0.4, -0.2) is 24.1 Å². The van der Waals surface area contributed by atoms with E-state index >= 15 is 0 Å². The second-order valence-corrected chi connectivity index (χ2v) is 5.33. The Balaban J connectivity index is 2.99. The van der Waals surface area contributed by atoms with Crippen molar-refractivity contribution in [2.24, 2.45) is 0 Å². The van der Waals surface area contributed by atoms with Gasteiger partial charge in [-0.1, -0.05) is 6.92 Å². The van der Waals surface area contributed by atoms with Crippen molar-refractivity contribution in [3.8, 4) is 0 Å².